The van der Waals surface area contributed by atoms with Crippen LogP contribution in [0.15, 0.2) is 35.4 Å². The van der Waals surface area contributed by atoms with Crippen LogP contribution in [0.2, 0.25) is 0 Å². The van der Waals surface area contributed by atoms with Crippen LogP contribution >= 0.6 is 11.3 Å². The molecule has 3 aromatic heterocycles. The first-order valence-corrected chi connectivity index (χ1v) is 9.72. The first-order chi connectivity index (χ1) is 14.0. The highest BCUT2D eigenvalue weighted by molar-refractivity contribution is 7.22. The lowest BCUT2D eigenvalue weighted by molar-refractivity contribution is -0.117. The predicted molar refractivity (Wildman–Crippen MR) is 111 cm³/mol. The van der Waals surface area contributed by atoms with Crippen LogP contribution in [0, 0.1) is 0 Å². The summed E-state index contributed by atoms with van der Waals surface area (Å²) in [5.41, 5.74) is 1.12. The minimum Gasteiger partial charge on any atom is -0.494 e. The molecule has 0 saturated carbocycles. The molecule has 0 radical (unpaired) electrons. The highest BCUT2D eigenvalue weighted by Crippen LogP contribution is 2.28. The smallest absolute Gasteiger partial charge is 0.352 e. The zero-order valence-electron chi connectivity index (χ0n) is 16.1. The molecule has 0 aliphatic rings. The number of aromatic nitrogens is 5. The van der Waals surface area contributed by atoms with Crippen LogP contribution in [0.25, 0.3) is 16.0 Å². The molecule has 0 spiro atoms. The first kappa shape index (κ1) is 18.9. The Morgan fingerprint density at radius 3 is 2.72 bits per heavy atom. The zero-order valence-corrected chi connectivity index (χ0v) is 16.9. The molecule has 4 aromatic rings. The average molecular weight is 413 g/mol. The topological polar surface area (TPSA) is 107 Å². The molecule has 1 amide bonds. The number of nitrogens with zero attached hydrogens (tertiary/aromatic N) is 6. The molecule has 1 N–H and O–H groups in total. The number of hydrogen-bond acceptors (Lipinski definition) is 8. The third-order valence-corrected chi connectivity index (χ3v) is 5.30. The molecule has 29 heavy (non-hydrogen) atoms. The van der Waals surface area contributed by atoms with Gasteiger partial charge < -0.3 is 15.0 Å². The quantitative estimate of drug-likeness (QED) is 0.512. The number of anilines is 2. The number of benzene rings is 1. The third-order valence-electron chi connectivity index (χ3n) is 4.09. The van der Waals surface area contributed by atoms with Gasteiger partial charge in [-0.1, -0.05) is 11.3 Å². The number of amides is 1. The number of nitrogens with one attached hydrogen (secondary N) is 1. The summed E-state index contributed by atoms with van der Waals surface area (Å²) in [4.78, 5) is 35.5. The summed E-state index contributed by atoms with van der Waals surface area (Å²) in [6.45, 7) is 2.26. The molecule has 0 unspecified atom stereocenters. The van der Waals surface area contributed by atoms with E-state index >= 15 is 0 Å². The molecule has 0 bridgehead atoms. The fourth-order valence-electron chi connectivity index (χ4n) is 2.76. The maximum atomic E-state index is 12.6. The van der Waals surface area contributed by atoms with Gasteiger partial charge in [0.05, 0.1) is 6.61 Å². The molecule has 3 heterocycles. The summed E-state index contributed by atoms with van der Waals surface area (Å²) in [6, 6.07) is 7.02. The van der Waals surface area contributed by atoms with Crippen molar-refractivity contribution in [1.82, 2.24) is 24.1 Å². The normalized spacial score (nSPS) is 11.1. The predicted octanol–water partition coefficient (Wildman–Crippen LogP) is 1.60. The van der Waals surface area contributed by atoms with Crippen molar-refractivity contribution in [3.63, 3.8) is 0 Å². The number of fused-ring (bicyclic) bond motifs is 3. The maximum absolute atomic E-state index is 12.6. The standard InChI is InChI=1S/C18H19N7O3S/c1-4-28-12-7-5-11(6-8-12)20-13(26)9-25-18(27)24-10-19-15-14(16(24)22-25)29-17(21-15)23(2)3/h5-8,10H,4,9H2,1-3H3,(H,20,26). The van der Waals surface area contributed by atoms with Crippen LogP contribution in [0.3, 0.4) is 0 Å². The van der Waals surface area contributed by atoms with Gasteiger partial charge in [0.25, 0.3) is 0 Å². The van der Waals surface area contributed by atoms with E-state index in [-0.39, 0.29) is 12.5 Å². The monoisotopic (exact) mass is 413 g/mol. The van der Waals surface area contributed by atoms with E-state index in [0.717, 1.165) is 15.6 Å². The molecular weight excluding hydrogens is 394 g/mol. The molecule has 11 heteroatoms. The lowest BCUT2D eigenvalue weighted by atomic mass is 10.3. The molecule has 0 aliphatic heterocycles. The zero-order chi connectivity index (χ0) is 20.5. The van der Waals surface area contributed by atoms with E-state index < -0.39 is 5.69 Å². The summed E-state index contributed by atoms with van der Waals surface area (Å²) in [7, 11) is 3.76. The van der Waals surface area contributed by atoms with Crippen molar-refractivity contribution in [2.24, 2.45) is 0 Å². The van der Waals surface area contributed by atoms with Crippen LogP contribution in [0.5, 0.6) is 5.75 Å². The number of rotatable bonds is 6. The van der Waals surface area contributed by atoms with Gasteiger partial charge in [-0.05, 0) is 31.2 Å². The number of carbonyl (C=O) groups is 1. The van der Waals surface area contributed by atoms with Crippen molar-refractivity contribution >= 4 is 44.1 Å². The van der Waals surface area contributed by atoms with Gasteiger partial charge in [-0.15, -0.1) is 5.10 Å². The molecular formula is C18H19N7O3S. The second kappa shape index (κ2) is 7.51. The number of carbonyl (C=O) groups excluding carboxylic acids is 1. The van der Waals surface area contributed by atoms with Gasteiger partial charge in [0.15, 0.2) is 16.4 Å². The van der Waals surface area contributed by atoms with E-state index in [1.165, 1.54) is 22.1 Å². The summed E-state index contributed by atoms with van der Waals surface area (Å²) in [5.74, 6) is 0.363. The first-order valence-electron chi connectivity index (χ1n) is 8.91. The summed E-state index contributed by atoms with van der Waals surface area (Å²) in [6.07, 6.45) is 1.38. The van der Waals surface area contributed by atoms with Gasteiger partial charge in [-0.25, -0.2) is 18.9 Å². The Hall–Kier alpha value is -3.47. The number of thiazole rings is 1. The van der Waals surface area contributed by atoms with E-state index in [4.69, 9.17) is 4.74 Å². The Morgan fingerprint density at radius 2 is 2.03 bits per heavy atom. The largest absolute Gasteiger partial charge is 0.494 e. The van der Waals surface area contributed by atoms with E-state index in [1.54, 1.807) is 24.3 Å². The molecule has 150 valence electrons. The Kier molecular flexibility index (Phi) is 4.89. The summed E-state index contributed by atoms with van der Waals surface area (Å²) < 4.78 is 8.52. The van der Waals surface area contributed by atoms with Crippen molar-refractivity contribution < 1.29 is 9.53 Å². The Bertz CT molecular complexity index is 1240. The van der Waals surface area contributed by atoms with Gasteiger partial charge in [0, 0.05) is 19.8 Å². The van der Waals surface area contributed by atoms with Gasteiger partial charge in [0.2, 0.25) is 5.91 Å². The van der Waals surface area contributed by atoms with Crippen molar-refractivity contribution in [1.29, 1.82) is 0 Å². The average Bonchev–Trinajstić information content (AvgIpc) is 3.26. The van der Waals surface area contributed by atoms with Gasteiger partial charge in [-0.2, -0.15) is 4.98 Å². The van der Waals surface area contributed by atoms with Crippen LogP contribution in [0.4, 0.5) is 10.8 Å². The lowest BCUT2D eigenvalue weighted by Crippen LogP contribution is -2.28. The van der Waals surface area contributed by atoms with Crippen molar-refractivity contribution in [2.75, 3.05) is 30.9 Å². The molecule has 0 aliphatic carbocycles. The van der Waals surface area contributed by atoms with Crippen molar-refractivity contribution in [3.8, 4) is 5.75 Å². The van der Waals surface area contributed by atoms with E-state index in [9.17, 15) is 9.59 Å². The SMILES string of the molecule is CCOc1ccc(NC(=O)Cn2nc3c4sc(N(C)C)nc4ncn3c2=O)cc1. The Labute approximate surface area is 169 Å². The molecule has 0 atom stereocenters. The molecule has 4 rings (SSSR count). The van der Waals surface area contributed by atoms with Crippen LogP contribution in [0.1, 0.15) is 6.92 Å². The highest BCUT2D eigenvalue weighted by Gasteiger charge is 2.17. The molecule has 0 saturated heterocycles. The highest BCUT2D eigenvalue weighted by atomic mass is 32.1. The lowest BCUT2D eigenvalue weighted by Gasteiger charge is -2.06. The Morgan fingerprint density at radius 1 is 1.28 bits per heavy atom. The molecule has 1 aromatic carbocycles. The summed E-state index contributed by atoms with van der Waals surface area (Å²) in [5, 5.41) is 7.84. The van der Waals surface area contributed by atoms with Crippen LogP contribution in [-0.2, 0) is 11.3 Å². The van der Waals surface area contributed by atoms with Crippen LogP contribution in [-0.4, -0.2) is 50.8 Å². The second-order valence-corrected chi connectivity index (χ2v) is 7.41. The number of hydrogen-bond donors (Lipinski definition) is 1. The van der Waals surface area contributed by atoms with Crippen molar-refractivity contribution in [2.45, 2.75) is 13.5 Å². The molecule has 0 fully saturated rings. The number of ether oxygens (including phenoxy) is 1. The molecule has 10 nitrogen and oxygen atoms in total. The fraction of sp³-hybridized carbons (Fsp3) is 0.278. The van der Waals surface area contributed by atoms with Gasteiger partial charge in [-0.3, -0.25) is 4.79 Å². The van der Waals surface area contributed by atoms with Crippen molar-refractivity contribution in [3.05, 3.63) is 41.1 Å². The maximum Gasteiger partial charge on any atom is 0.352 e. The second-order valence-electron chi connectivity index (χ2n) is 6.43. The fourth-order valence-corrected chi connectivity index (χ4v) is 3.68. The third kappa shape index (κ3) is 3.63. The van der Waals surface area contributed by atoms with Gasteiger partial charge >= 0.3 is 5.69 Å². The van der Waals surface area contributed by atoms with E-state index in [1.807, 2.05) is 25.9 Å². The van der Waals surface area contributed by atoms with Gasteiger partial charge in [0.1, 0.15) is 23.3 Å². The minimum atomic E-state index is -0.434. The Balaban J connectivity index is 1.58. The minimum absolute atomic E-state index is 0.214. The van der Waals surface area contributed by atoms with E-state index in [2.05, 4.69) is 20.4 Å². The van der Waals surface area contributed by atoms with Crippen LogP contribution < -0.4 is 20.6 Å². The van der Waals surface area contributed by atoms with E-state index in [0.29, 0.717) is 28.3 Å². The summed E-state index contributed by atoms with van der Waals surface area (Å²) >= 11 is 1.39.